The second-order valence-electron chi connectivity index (χ2n) is 17.1. The highest BCUT2D eigenvalue weighted by Crippen LogP contribution is 2.62. The van der Waals surface area contributed by atoms with Gasteiger partial charge < -0.3 is 4.90 Å². The predicted octanol–water partition coefficient (Wildman–Crippen LogP) is 15.6. The van der Waals surface area contributed by atoms with Crippen LogP contribution in [0.15, 0.2) is 170 Å². The van der Waals surface area contributed by atoms with Gasteiger partial charge in [0.05, 0.1) is 11.4 Å². The SMILES string of the molecule is c1ccc(-c2cccc3cccc(-c4cccc(N(c5cccc6c(C78CC9CC(CC(C9)C7)C8)cccc56)c5cccc6sc7ccccc7c56)c4)c23)cc1. The highest BCUT2D eigenvalue weighted by atomic mass is 32.1. The number of hydrogen-bond acceptors (Lipinski definition) is 2. The quantitative estimate of drug-likeness (QED) is 0.164. The molecule has 0 atom stereocenters. The summed E-state index contributed by atoms with van der Waals surface area (Å²) in [5.41, 5.74) is 10.5. The fraction of sp³-hybridized carbons (Fsp3) is 0.185. The molecule has 0 aliphatic heterocycles. The Morgan fingerprint density at radius 2 is 1.04 bits per heavy atom. The first kappa shape index (κ1) is 32.5. The molecule has 56 heavy (non-hydrogen) atoms. The van der Waals surface area contributed by atoms with Crippen LogP contribution in [0.1, 0.15) is 44.1 Å². The molecule has 1 nitrogen and oxygen atoms in total. The Balaban J connectivity index is 1.10. The Morgan fingerprint density at radius 3 is 1.84 bits per heavy atom. The van der Waals surface area contributed by atoms with Crippen molar-refractivity contribution in [2.45, 2.75) is 43.9 Å². The lowest BCUT2D eigenvalue weighted by molar-refractivity contribution is -0.00449. The predicted molar refractivity (Wildman–Crippen MR) is 240 cm³/mol. The van der Waals surface area contributed by atoms with Gasteiger partial charge in [0.2, 0.25) is 0 Å². The maximum absolute atomic E-state index is 2.58. The summed E-state index contributed by atoms with van der Waals surface area (Å²) >= 11 is 1.90. The molecular formula is C54H43NS. The van der Waals surface area contributed by atoms with E-state index in [0.29, 0.717) is 5.41 Å². The van der Waals surface area contributed by atoms with Crippen molar-refractivity contribution in [3.63, 3.8) is 0 Å². The molecule has 0 spiro atoms. The lowest BCUT2D eigenvalue weighted by Crippen LogP contribution is -2.48. The molecule has 270 valence electrons. The van der Waals surface area contributed by atoms with E-state index in [4.69, 9.17) is 0 Å². The van der Waals surface area contributed by atoms with Crippen LogP contribution in [-0.2, 0) is 5.41 Å². The number of rotatable bonds is 6. The topological polar surface area (TPSA) is 3.24 Å². The first-order chi connectivity index (χ1) is 27.7. The number of benzene rings is 8. The monoisotopic (exact) mass is 737 g/mol. The second-order valence-corrected chi connectivity index (χ2v) is 18.2. The Bertz CT molecular complexity index is 2930. The van der Waals surface area contributed by atoms with Crippen molar-refractivity contribution in [2.24, 2.45) is 17.8 Å². The Labute approximate surface area is 332 Å². The summed E-state index contributed by atoms with van der Waals surface area (Å²) in [6.45, 7) is 0. The van der Waals surface area contributed by atoms with E-state index in [1.54, 1.807) is 5.56 Å². The van der Waals surface area contributed by atoms with Crippen molar-refractivity contribution in [3.8, 4) is 22.3 Å². The van der Waals surface area contributed by atoms with Crippen LogP contribution in [0.4, 0.5) is 17.1 Å². The van der Waals surface area contributed by atoms with Crippen LogP contribution in [0.2, 0.25) is 0 Å². The molecule has 0 unspecified atom stereocenters. The van der Waals surface area contributed by atoms with Crippen LogP contribution in [-0.4, -0.2) is 0 Å². The molecule has 4 aliphatic carbocycles. The molecule has 2 heteroatoms. The van der Waals surface area contributed by atoms with E-state index in [9.17, 15) is 0 Å². The number of thiophene rings is 1. The molecule has 0 saturated heterocycles. The van der Waals surface area contributed by atoms with Crippen molar-refractivity contribution in [2.75, 3.05) is 4.90 Å². The molecule has 4 aliphatic rings. The third-order valence-corrected chi connectivity index (χ3v) is 14.9. The molecule has 0 N–H and O–H groups in total. The fourth-order valence-corrected chi connectivity index (χ4v) is 13.1. The van der Waals surface area contributed by atoms with Crippen molar-refractivity contribution in [1.29, 1.82) is 0 Å². The van der Waals surface area contributed by atoms with Gasteiger partial charge in [0.1, 0.15) is 0 Å². The molecule has 13 rings (SSSR count). The van der Waals surface area contributed by atoms with Crippen LogP contribution in [0.25, 0.3) is 64.0 Å². The number of nitrogens with zero attached hydrogens (tertiary/aromatic N) is 1. The van der Waals surface area contributed by atoms with Gasteiger partial charge in [0.15, 0.2) is 0 Å². The molecule has 4 bridgehead atoms. The fourth-order valence-electron chi connectivity index (χ4n) is 12.0. The molecule has 8 aromatic carbocycles. The summed E-state index contributed by atoms with van der Waals surface area (Å²) < 4.78 is 2.65. The smallest absolute Gasteiger partial charge is 0.0555 e. The zero-order valence-electron chi connectivity index (χ0n) is 31.5. The van der Waals surface area contributed by atoms with E-state index >= 15 is 0 Å². The molecule has 0 amide bonds. The molecule has 9 aromatic rings. The summed E-state index contributed by atoms with van der Waals surface area (Å²) in [6, 6.07) is 63.9. The maximum atomic E-state index is 2.58. The van der Waals surface area contributed by atoms with Gasteiger partial charge in [0, 0.05) is 31.2 Å². The van der Waals surface area contributed by atoms with Crippen LogP contribution in [0.3, 0.4) is 0 Å². The van der Waals surface area contributed by atoms with Crippen molar-refractivity contribution in [3.05, 3.63) is 175 Å². The van der Waals surface area contributed by atoms with E-state index in [1.165, 1.54) is 120 Å². The van der Waals surface area contributed by atoms with Crippen molar-refractivity contribution >= 4 is 70.1 Å². The second kappa shape index (κ2) is 12.7. The first-order valence-corrected chi connectivity index (χ1v) is 21.4. The Hall–Kier alpha value is -5.70. The summed E-state index contributed by atoms with van der Waals surface area (Å²) in [6.07, 6.45) is 8.48. The highest BCUT2D eigenvalue weighted by Gasteiger charge is 2.52. The first-order valence-electron chi connectivity index (χ1n) is 20.6. The average Bonchev–Trinajstić information content (AvgIpc) is 3.63. The van der Waals surface area contributed by atoms with Crippen molar-refractivity contribution in [1.82, 2.24) is 0 Å². The summed E-state index contributed by atoms with van der Waals surface area (Å²) in [4.78, 5) is 2.58. The lowest BCUT2D eigenvalue weighted by atomic mass is 9.48. The lowest BCUT2D eigenvalue weighted by Gasteiger charge is -2.57. The zero-order valence-corrected chi connectivity index (χ0v) is 32.3. The molecule has 4 fully saturated rings. The minimum atomic E-state index is 0.312. The minimum absolute atomic E-state index is 0.312. The van der Waals surface area contributed by atoms with Crippen LogP contribution < -0.4 is 4.90 Å². The third-order valence-electron chi connectivity index (χ3n) is 13.8. The molecule has 0 radical (unpaired) electrons. The molecule has 1 aromatic heterocycles. The van der Waals surface area contributed by atoms with Gasteiger partial charge in [-0.15, -0.1) is 11.3 Å². The molecule has 4 saturated carbocycles. The van der Waals surface area contributed by atoms with Crippen LogP contribution >= 0.6 is 11.3 Å². The van der Waals surface area contributed by atoms with Gasteiger partial charge in [-0.05, 0) is 142 Å². The van der Waals surface area contributed by atoms with Gasteiger partial charge in [0.25, 0.3) is 0 Å². The Kier molecular flexibility index (Phi) is 7.36. The minimum Gasteiger partial charge on any atom is -0.309 e. The van der Waals surface area contributed by atoms with E-state index in [1.807, 2.05) is 11.3 Å². The Morgan fingerprint density at radius 1 is 0.446 bits per heavy atom. The van der Waals surface area contributed by atoms with Gasteiger partial charge >= 0.3 is 0 Å². The van der Waals surface area contributed by atoms with Gasteiger partial charge in [-0.2, -0.15) is 0 Å². The zero-order chi connectivity index (χ0) is 36.8. The standard InChI is InChI=1S/C54H43NS/c1-2-12-38(13-3-1)42-19-7-14-39-15-8-20-43(52(39)42)40-16-6-17-41(31-40)55(49-25-11-27-51-53(49)46-18-4-5-26-50(46)56-51)48-24-10-21-44-45(48)22-9-23-47(44)54-32-35-28-36(33-54)30-37(29-35)34-54/h1-27,31,35-37H,28-30,32-34H2. The average molecular weight is 738 g/mol. The van der Waals surface area contributed by atoms with Crippen LogP contribution in [0, 0.1) is 17.8 Å². The van der Waals surface area contributed by atoms with Gasteiger partial charge in [-0.25, -0.2) is 0 Å². The van der Waals surface area contributed by atoms with Crippen LogP contribution in [0.5, 0.6) is 0 Å². The highest BCUT2D eigenvalue weighted by molar-refractivity contribution is 7.26. The van der Waals surface area contributed by atoms with E-state index in [-0.39, 0.29) is 0 Å². The van der Waals surface area contributed by atoms with E-state index in [2.05, 4.69) is 175 Å². The van der Waals surface area contributed by atoms with E-state index < -0.39 is 0 Å². The summed E-state index contributed by atoms with van der Waals surface area (Å²) in [7, 11) is 0. The van der Waals surface area contributed by atoms with E-state index in [0.717, 1.165) is 17.8 Å². The molecular weight excluding hydrogens is 695 g/mol. The molecule has 1 heterocycles. The third kappa shape index (κ3) is 5.05. The summed E-state index contributed by atoms with van der Waals surface area (Å²) in [5, 5.41) is 7.98. The number of fused-ring (bicyclic) bond motifs is 5. The van der Waals surface area contributed by atoms with Gasteiger partial charge in [-0.3, -0.25) is 0 Å². The maximum Gasteiger partial charge on any atom is 0.0555 e. The summed E-state index contributed by atoms with van der Waals surface area (Å²) in [5.74, 6) is 2.71. The number of hydrogen-bond donors (Lipinski definition) is 0. The van der Waals surface area contributed by atoms with Gasteiger partial charge in [-0.1, -0.05) is 133 Å². The largest absolute Gasteiger partial charge is 0.309 e. The number of anilines is 3. The normalized spacial score (nSPS) is 21.4. The van der Waals surface area contributed by atoms with Crippen molar-refractivity contribution < 1.29 is 0 Å².